The Morgan fingerprint density at radius 3 is 2.79 bits per heavy atom. The third-order valence-corrected chi connectivity index (χ3v) is 4.79. The second-order valence-corrected chi connectivity index (χ2v) is 7.30. The number of benzene rings is 2. The monoisotopic (exact) mass is 455 g/mol. The van der Waals surface area contributed by atoms with Gasteiger partial charge in [-0.1, -0.05) is 24.3 Å². The van der Waals surface area contributed by atoms with E-state index in [1.54, 1.807) is 73.1 Å². The first kappa shape index (κ1) is 22.4. The van der Waals surface area contributed by atoms with Crippen molar-refractivity contribution in [1.29, 1.82) is 5.26 Å². The SMILES string of the molecule is N#Cc1ccccc1OCc1ccc(C(=O)NCc2cccc(NC(=O)Cn3cccn3)c2)o1. The average molecular weight is 455 g/mol. The number of carbonyl (C=O) groups is 2. The van der Waals surface area contributed by atoms with Crippen molar-refractivity contribution in [3.05, 3.63) is 102 Å². The predicted octanol–water partition coefficient (Wildman–Crippen LogP) is 3.50. The molecule has 2 amide bonds. The summed E-state index contributed by atoms with van der Waals surface area (Å²) in [5.41, 5.74) is 1.86. The highest BCUT2D eigenvalue weighted by Gasteiger charge is 2.12. The first-order valence-electron chi connectivity index (χ1n) is 10.5. The fraction of sp³-hybridized carbons (Fsp3) is 0.120. The van der Waals surface area contributed by atoms with Crippen molar-refractivity contribution in [2.45, 2.75) is 19.7 Å². The van der Waals surface area contributed by atoms with Crippen molar-refractivity contribution in [1.82, 2.24) is 15.1 Å². The van der Waals surface area contributed by atoms with E-state index in [-0.39, 0.29) is 37.3 Å². The zero-order valence-corrected chi connectivity index (χ0v) is 18.1. The van der Waals surface area contributed by atoms with Crippen molar-refractivity contribution < 1.29 is 18.7 Å². The van der Waals surface area contributed by atoms with Crippen molar-refractivity contribution in [3.8, 4) is 11.8 Å². The highest BCUT2D eigenvalue weighted by molar-refractivity contribution is 5.92. The third kappa shape index (κ3) is 5.89. The standard InChI is InChI=1S/C25H21N5O4/c26-14-19-6-1-2-8-22(19)33-17-21-9-10-23(34-21)25(32)27-15-18-5-3-7-20(13-18)29-24(31)16-30-12-4-11-28-30/h1-13H,15-17H2,(H,27,32)(H,29,31). The number of furan rings is 1. The molecule has 2 N–H and O–H groups in total. The van der Waals surface area contributed by atoms with E-state index in [0.717, 1.165) is 5.56 Å². The molecule has 4 rings (SSSR count). The lowest BCUT2D eigenvalue weighted by molar-refractivity contribution is -0.116. The number of nitrogens with one attached hydrogen (secondary N) is 2. The largest absolute Gasteiger partial charge is 0.484 e. The van der Waals surface area contributed by atoms with Gasteiger partial charge in [0.2, 0.25) is 5.91 Å². The summed E-state index contributed by atoms with van der Waals surface area (Å²) in [5, 5.41) is 18.7. The minimum atomic E-state index is -0.378. The number of hydrogen-bond acceptors (Lipinski definition) is 6. The molecule has 0 fully saturated rings. The molecule has 170 valence electrons. The summed E-state index contributed by atoms with van der Waals surface area (Å²) < 4.78 is 12.7. The van der Waals surface area contributed by atoms with Gasteiger partial charge in [0.25, 0.3) is 5.91 Å². The number of para-hydroxylation sites is 1. The molecule has 9 nitrogen and oxygen atoms in total. The van der Waals surface area contributed by atoms with Crippen molar-refractivity contribution in [3.63, 3.8) is 0 Å². The van der Waals surface area contributed by atoms with Crippen LogP contribution in [0.4, 0.5) is 5.69 Å². The Morgan fingerprint density at radius 2 is 1.97 bits per heavy atom. The van der Waals surface area contributed by atoms with Gasteiger partial charge < -0.3 is 19.8 Å². The predicted molar refractivity (Wildman–Crippen MR) is 123 cm³/mol. The van der Waals surface area contributed by atoms with E-state index in [4.69, 9.17) is 14.4 Å². The Bertz CT molecular complexity index is 1320. The molecule has 9 heteroatoms. The van der Waals surface area contributed by atoms with Gasteiger partial charge in [-0.2, -0.15) is 10.4 Å². The minimum absolute atomic E-state index is 0.0895. The van der Waals surface area contributed by atoms with Crippen LogP contribution in [0, 0.1) is 11.3 Å². The second-order valence-electron chi connectivity index (χ2n) is 7.30. The first-order valence-corrected chi connectivity index (χ1v) is 10.5. The van der Waals surface area contributed by atoms with Gasteiger partial charge in [-0.15, -0.1) is 0 Å². The van der Waals surface area contributed by atoms with E-state index in [0.29, 0.717) is 22.8 Å². The molecule has 34 heavy (non-hydrogen) atoms. The Labute approximate surface area is 195 Å². The molecule has 0 aliphatic heterocycles. The van der Waals surface area contributed by atoms with Crippen LogP contribution in [0.5, 0.6) is 5.75 Å². The zero-order valence-electron chi connectivity index (χ0n) is 18.1. The van der Waals surface area contributed by atoms with Crippen LogP contribution in [-0.2, 0) is 24.5 Å². The maximum Gasteiger partial charge on any atom is 0.287 e. The lowest BCUT2D eigenvalue weighted by atomic mass is 10.2. The van der Waals surface area contributed by atoms with Crippen LogP contribution in [0.25, 0.3) is 0 Å². The summed E-state index contributed by atoms with van der Waals surface area (Å²) in [5.74, 6) is 0.476. The molecule has 2 heterocycles. The number of ether oxygens (including phenoxy) is 1. The molecule has 0 aliphatic carbocycles. The molecule has 4 aromatic rings. The Morgan fingerprint density at radius 1 is 1.09 bits per heavy atom. The number of hydrogen-bond donors (Lipinski definition) is 2. The molecule has 2 aromatic heterocycles. The molecular formula is C25H21N5O4. The van der Waals surface area contributed by atoms with E-state index in [1.165, 1.54) is 4.68 Å². The molecule has 0 aliphatic rings. The van der Waals surface area contributed by atoms with Gasteiger partial charge in [-0.05, 0) is 48.0 Å². The van der Waals surface area contributed by atoms with Crippen LogP contribution >= 0.6 is 0 Å². The summed E-state index contributed by atoms with van der Waals surface area (Å²) in [6.07, 6.45) is 3.32. The van der Waals surface area contributed by atoms with Crippen molar-refractivity contribution >= 4 is 17.5 Å². The number of nitriles is 1. The summed E-state index contributed by atoms with van der Waals surface area (Å²) in [7, 11) is 0. The number of nitrogens with zero attached hydrogens (tertiary/aromatic N) is 3. The second kappa shape index (κ2) is 10.7. The molecular weight excluding hydrogens is 434 g/mol. The molecule has 0 saturated carbocycles. The highest BCUT2D eigenvalue weighted by atomic mass is 16.5. The molecule has 0 atom stereocenters. The maximum absolute atomic E-state index is 12.5. The third-order valence-electron chi connectivity index (χ3n) is 4.79. The van der Waals surface area contributed by atoms with Crippen LogP contribution < -0.4 is 15.4 Å². The lowest BCUT2D eigenvalue weighted by Crippen LogP contribution is -2.22. The molecule has 0 bridgehead atoms. The fourth-order valence-corrected chi connectivity index (χ4v) is 3.18. The quantitative estimate of drug-likeness (QED) is 0.398. The van der Waals surface area contributed by atoms with Gasteiger partial charge in [0.15, 0.2) is 5.76 Å². The molecule has 0 spiro atoms. The summed E-state index contributed by atoms with van der Waals surface area (Å²) in [6, 6.07) is 21.1. The topological polar surface area (TPSA) is 122 Å². The molecule has 0 saturated heterocycles. The summed E-state index contributed by atoms with van der Waals surface area (Å²) >= 11 is 0. The van der Waals surface area contributed by atoms with Gasteiger partial charge >= 0.3 is 0 Å². The maximum atomic E-state index is 12.5. The van der Waals surface area contributed by atoms with Gasteiger partial charge in [-0.25, -0.2) is 0 Å². The molecule has 0 radical (unpaired) electrons. The Hall–Kier alpha value is -4.84. The zero-order chi connectivity index (χ0) is 23.8. The fourth-order valence-electron chi connectivity index (χ4n) is 3.18. The lowest BCUT2D eigenvalue weighted by Gasteiger charge is -2.08. The minimum Gasteiger partial charge on any atom is -0.484 e. The number of anilines is 1. The number of aromatic nitrogens is 2. The summed E-state index contributed by atoms with van der Waals surface area (Å²) in [4.78, 5) is 24.6. The normalized spacial score (nSPS) is 10.3. The van der Waals surface area contributed by atoms with Crippen LogP contribution in [0.1, 0.15) is 27.4 Å². The van der Waals surface area contributed by atoms with E-state index >= 15 is 0 Å². The number of carbonyl (C=O) groups excluding carboxylic acids is 2. The average Bonchev–Trinajstić information content (AvgIpc) is 3.54. The number of amides is 2. The van der Waals surface area contributed by atoms with Gasteiger partial charge in [0, 0.05) is 24.6 Å². The van der Waals surface area contributed by atoms with Crippen molar-refractivity contribution in [2.75, 3.05) is 5.32 Å². The van der Waals surface area contributed by atoms with Crippen molar-refractivity contribution in [2.24, 2.45) is 0 Å². The highest BCUT2D eigenvalue weighted by Crippen LogP contribution is 2.19. The van der Waals surface area contributed by atoms with Crippen LogP contribution in [0.2, 0.25) is 0 Å². The van der Waals surface area contributed by atoms with E-state index in [9.17, 15) is 9.59 Å². The van der Waals surface area contributed by atoms with Gasteiger partial charge in [0.1, 0.15) is 30.7 Å². The van der Waals surface area contributed by atoms with E-state index in [2.05, 4.69) is 21.8 Å². The van der Waals surface area contributed by atoms with Crippen LogP contribution in [-0.4, -0.2) is 21.6 Å². The van der Waals surface area contributed by atoms with E-state index < -0.39 is 0 Å². The molecule has 0 unspecified atom stereocenters. The Balaban J connectivity index is 1.28. The van der Waals surface area contributed by atoms with Crippen LogP contribution in [0.15, 0.2) is 83.5 Å². The van der Waals surface area contributed by atoms with Gasteiger partial charge in [0.05, 0.1) is 5.56 Å². The molecule has 2 aromatic carbocycles. The van der Waals surface area contributed by atoms with Crippen LogP contribution in [0.3, 0.4) is 0 Å². The smallest absolute Gasteiger partial charge is 0.287 e. The van der Waals surface area contributed by atoms with Gasteiger partial charge in [-0.3, -0.25) is 14.3 Å². The first-order chi connectivity index (χ1) is 16.6. The Kier molecular flexibility index (Phi) is 7.00. The number of rotatable bonds is 9. The van der Waals surface area contributed by atoms with E-state index in [1.807, 2.05) is 6.07 Å². The summed E-state index contributed by atoms with van der Waals surface area (Å²) in [6.45, 7) is 0.455.